The van der Waals surface area contributed by atoms with Gasteiger partial charge in [0.2, 0.25) is 0 Å². The van der Waals surface area contributed by atoms with E-state index in [0.717, 1.165) is 0 Å². The zero-order chi connectivity index (χ0) is 20.0. The monoisotopic (exact) mass is 478 g/mol. The van der Waals surface area contributed by atoms with Gasteiger partial charge in [-0.15, -0.1) is 0 Å². The van der Waals surface area contributed by atoms with Gasteiger partial charge in [-0.2, -0.15) is 0 Å². The van der Waals surface area contributed by atoms with Crippen LogP contribution in [0.1, 0.15) is 40.1 Å². The number of rotatable bonds is 10. The molecule has 0 amide bonds. The van der Waals surface area contributed by atoms with Crippen LogP contribution in [0.2, 0.25) is 45.8 Å². The van der Waals surface area contributed by atoms with E-state index in [9.17, 15) is 9.59 Å². The maximum atomic E-state index is 12.0. The molecule has 0 unspecified atom stereocenters. The minimum Gasteiger partial charge on any atom is -0.435 e. The smallest absolute Gasteiger partial charge is 0.381 e. The Hall–Kier alpha value is -1.11. The van der Waals surface area contributed by atoms with Gasteiger partial charge in [-0.1, -0.05) is 60.0 Å². The number of esters is 1. The summed E-state index contributed by atoms with van der Waals surface area (Å²) in [6, 6.07) is 8.29. The first kappa shape index (κ1) is 36.3. The Balaban J connectivity index is -0.000000845. The molecule has 9 heteroatoms. The fourth-order valence-corrected chi connectivity index (χ4v) is 14.3. The molecule has 0 aliphatic heterocycles. The number of hydrogen-bond acceptors (Lipinski definition) is 6. The molecule has 0 aliphatic rings. The molecule has 0 atom stereocenters. The Morgan fingerprint density at radius 3 is 1.60 bits per heavy atom. The second-order valence-corrected chi connectivity index (χ2v) is 20.8. The van der Waals surface area contributed by atoms with Crippen molar-refractivity contribution >= 4 is 36.9 Å². The van der Waals surface area contributed by atoms with Crippen molar-refractivity contribution in [2.75, 3.05) is 13.0 Å². The Labute approximate surface area is 188 Å². The largest absolute Gasteiger partial charge is 0.435 e. The van der Waals surface area contributed by atoms with Gasteiger partial charge in [-0.25, -0.2) is 4.79 Å². The number of ketones is 1. The summed E-state index contributed by atoms with van der Waals surface area (Å²) in [4.78, 5) is 23.8. The summed E-state index contributed by atoms with van der Waals surface area (Å²) >= 11 is 0. The molecule has 1 rings (SSSR count). The topological polar surface area (TPSA) is 71.1 Å². The summed E-state index contributed by atoms with van der Waals surface area (Å²) in [5, 5.41) is 0. The number of Topliss-reactive ketones (excluding diaryl/α,β-unsaturated/α-hetero) is 1. The Kier molecular flexibility index (Phi) is 17.9. The van der Waals surface area contributed by atoms with Crippen LogP contribution in [-0.2, 0) is 22.5 Å². The van der Waals surface area contributed by atoms with Gasteiger partial charge in [0.1, 0.15) is 0 Å². The molecule has 0 saturated heterocycles. The zero-order valence-corrected chi connectivity index (χ0v) is 19.8. The number of carbonyl (C=O) groups is 2. The van der Waals surface area contributed by atoms with Crippen LogP contribution in [0.15, 0.2) is 30.3 Å². The minimum atomic E-state index is -2.56. The summed E-state index contributed by atoms with van der Waals surface area (Å²) in [6.45, 7) is 14.3. The van der Waals surface area contributed by atoms with Crippen LogP contribution in [-0.4, -0.2) is 50.0 Å². The predicted molar refractivity (Wildman–Crippen MR) is 135 cm³/mol. The molecule has 0 radical (unpaired) electrons. The standard InChI is InChI=1S/C17H30O6Si3.4CH4/c1-24(2,3)22-26(7,23-25(4,5)6)14-20-13-21-17(19)16(18)15-11-9-8-10-12-15;;;;/h8-12H,13-14H2,1-7H3;4*1H4. The molecule has 0 aliphatic carbocycles. The molecule has 178 valence electrons. The minimum absolute atomic E-state index is 0. The summed E-state index contributed by atoms with van der Waals surface area (Å²) in [5.74, 6) is -1.62. The maximum Gasteiger partial charge on any atom is 0.381 e. The lowest BCUT2D eigenvalue weighted by atomic mass is 10.1. The zero-order valence-electron chi connectivity index (χ0n) is 16.8. The Bertz CT molecular complexity index is 593. The van der Waals surface area contributed by atoms with E-state index in [1.807, 2.05) is 6.55 Å². The van der Waals surface area contributed by atoms with E-state index >= 15 is 0 Å². The third kappa shape index (κ3) is 14.8. The van der Waals surface area contributed by atoms with Gasteiger partial charge in [0, 0.05) is 5.56 Å². The highest BCUT2D eigenvalue weighted by Crippen LogP contribution is 2.21. The summed E-state index contributed by atoms with van der Waals surface area (Å²) in [7, 11) is -6.20. The van der Waals surface area contributed by atoms with Crippen molar-refractivity contribution in [1.82, 2.24) is 0 Å². The second-order valence-electron chi connectivity index (χ2n) is 8.16. The summed E-state index contributed by atoms with van der Waals surface area (Å²) in [6.07, 6.45) is 0.244. The van der Waals surface area contributed by atoms with Crippen molar-refractivity contribution in [3.05, 3.63) is 35.9 Å². The van der Waals surface area contributed by atoms with Crippen molar-refractivity contribution in [1.29, 1.82) is 0 Å². The highest BCUT2D eigenvalue weighted by atomic mass is 28.5. The van der Waals surface area contributed by atoms with Crippen LogP contribution in [0.5, 0.6) is 0 Å². The molecule has 0 fully saturated rings. The van der Waals surface area contributed by atoms with Crippen molar-refractivity contribution in [3.8, 4) is 0 Å². The second kappa shape index (κ2) is 14.8. The van der Waals surface area contributed by atoms with Crippen molar-refractivity contribution in [2.24, 2.45) is 0 Å². The van der Waals surface area contributed by atoms with Crippen LogP contribution < -0.4 is 0 Å². The Morgan fingerprint density at radius 2 is 1.20 bits per heavy atom. The lowest BCUT2D eigenvalue weighted by Crippen LogP contribution is -2.56. The lowest BCUT2D eigenvalue weighted by molar-refractivity contribution is -0.149. The van der Waals surface area contributed by atoms with E-state index < -0.39 is 36.9 Å². The third-order valence-electron chi connectivity index (χ3n) is 2.90. The van der Waals surface area contributed by atoms with Crippen molar-refractivity contribution in [2.45, 2.75) is 75.5 Å². The molecule has 0 N–H and O–H groups in total. The molecule has 30 heavy (non-hydrogen) atoms. The highest BCUT2D eigenvalue weighted by Gasteiger charge is 2.40. The van der Waals surface area contributed by atoms with Crippen molar-refractivity contribution < 1.29 is 27.3 Å². The number of carbonyl (C=O) groups excluding carboxylic acids is 2. The molecule has 0 bridgehead atoms. The fourth-order valence-electron chi connectivity index (χ4n) is 2.47. The average Bonchev–Trinajstić information content (AvgIpc) is 2.47. The molecule has 0 spiro atoms. The van der Waals surface area contributed by atoms with Crippen LogP contribution in [0.4, 0.5) is 0 Å². The quantitative estimate of drug-likeness (QED) is 0.0989. The molecule has 0 heterocycles. The summed E-state index contributed by atoms with van der Waals surface area (Å²) in [5.41, 5.74) is 0.292. The van der Waals surface area contributed by atoms with Gasteiger partial charge in [-0.05, 0) is 45.8 Å². The highest BCUT2D eigenvalue weighted by molar-refractivity contribution is 6.87. The van der Waals surface area contributed by atoms with E-state index in [2.05, 4.69) is 39.3 Å². The van der Waals surface area contributed by atoms with Crippen LogP contribution in [0.3, 0.4) is 0 Å². The molecule has 0 aromatic heterocycles. The number of hydrogen-bond donors (Lipinski definition) is 0. The fraction of sp³-hybridized carbons (Fsp3) is 0.619. The van der Waals surface area contributed by atoms with Gasteiger partial charge in [0.15, 0.2) is 23.4 Å². The van der Waals surface area contributed by atoms with Crippen molar-refractivity contribution in [3.63, 3.8) is 0 Å². The molecule has 1 aromatic rings. The van der Waals surface area contributed by atoms with Gasteiger partial charge in [0.25, 0.3) is 5.78 Å². The number of benzene rings is 1. The van der Waals surface area contributed by atoms with Crippen LogP contribution in [0, 0.1) is 0 Å². The average molecular weight is 479 g/mol. The molecular weight excluding hydrogens is 432 g/mol. The SMILES string of the molecule is C.C.C.C.C[Si](C)(C)O[Si](C)(COCOC(=O)C(=O)c1ccccc1)O[Si](C)(C)C. The number of ether oxygens (including phenoxy) is 2. The lowest BCUT2D eigenvalue weighted by Gasteiger charge is -2.38. The molecule has 6 nitrogen and oxygen atoms in total. The van der Waals surface area contributed by atoms with Gasteiger partial charge in [-0.3, -0.25) is 4.79 Å². The van der Waals surface area contributed by atoms with Gasteiger partial charge in [0.05, 0.1) is 6.23 Å². The van der Waals surface area contributed by atoms with E-state index in [0.29, 0.717) is 5.56 Å². The van der Waals surface area contributed by atoms with Gasteiger partial charge < -0.3 is 17.7 Å². The maximum absolute atomic E-state index is 12.0. The first-order valence-electron chi connectivity index (χ1n) is 8.56. The summed E-state index contributed by atoms with van der Waals surface area (Å²) < 4.78 is 23.0. The first-order valence-corrected chi connectivity index (χ1v) is 17.9. The van der Waals surface area contributed by atoms with E-state index in [4.69, 9.17) is 17.7 Å². The van der Waals surface area contributed by atoms with E-state index in [-0.39, 0.29) is 42.7 Å². The van der Waals surface area contributed by atoms with Crippen LogP contribution in [0.25, 0.3) is 0 Å². The molecular formula is C21H46O6Si3. The predicted octanol–water partition coefficient (Wildman–Crippen LogP) is 6.25. The van der Waals surface area contributed by atoms with E-state index in [1.54, 1.807) is 30.3 Å². The molecule has 0 saturated carbocycles. The van der Waals surface area contributed by atoms with Crippen LogP contribution >= 0.6 is 0 Å². The third-order valence-corrected chi connectivity index (χ3v) is 12.0. The normalized spacial score (nSPS) is 11.0. The molecule has 1 aromatic carbocycles. The van der Waals surface area contributed by atoms with Gasteiger partial charge >= 0.3 is 14.5 Å². The Morgan fingerprint density at radius 1 is 0.767 bits per heavy atom. The first-order chi connectivity index (χ1) is 11.8. The van der Waals surface area contributed by atoms with E-state index in [1.165, 1.54) is 0 Å².